The predicted molar refractivity (Wildman–Crippen MR) is 126 cm³/mol. The van der Waals surface area contributed by atoms with Crippen LogP contribution >= 0.6 is 0 Å². The second kappa shape index (κ2) is 9.35. The molecule has 31 heavy (non-hydrogen) atoms. The summed E-state index contributed by atoms with van der Waals surface area (Å²) in [6.07, 6.45) is 0. The average Bonchev–Trinajstić information content (AvgIpc) is 2.73. The zero-order valence-electron chi connectivity index (χ0n) is 18.3. The molecule has 0 unspecified atom stereocenters. The van der Waals surface area contributed by atoms with Crippen LogP contribution in [0.25, 0.3) is 0 Å². The second-order valence-electron chi connectivity index (χ2n) is 7.94. The highest BCUT2D eigenvalue weighted by Gasteiger charge is 2.28. The molecule has 0 atom stereocenters. The molecule has 1 N–H and O–H groups in total. The lowest BCUT2D eigenvalue weighted by Crippen LogP contribution is -2.38. The van der Waals surface area contributed by atoms with Crippen molar-refractivity contribution < 1.29 is 13.2 Å². The van der Waals surface area contributed by atoms with E-state index < -0.39 is 15.9 Å². The Kier molecular flexibility index (Phi) is 6.81. The van der Waals surface area contributed by atoms with Crippen molar-refractivity contribution in [3.8, 4) is 0 Å². The Morgan fingerprint density at radius 1 is 0.903 bits per heavy atom. The zero-order valence-corrected chi connectivity index (χ0v) is 19.1. The van der Waals surface area contributed by atoms with Gasteiger partial charge in [0.1, 0.15) is 6.54 Å². The molecule has 3 aromatic rings. The van der Waals surface area contributed by atoms with Gasteiger partial charge >= 0.3 is 0 Å². The zero-order chi connectivity index (χ0) is 22.6. The topological polar surface area (TPSA) is 66.5 Å². The molecule has 3 rings (SSSR count). The molecule has 0 aliphatic carbocycles. The van der Waals surface area contributed by atoms with E-state index in [0.29, 0.717) is 17.3 Å². The number of aryl methyl sites for hydroxylation is 2. The van der Waals surface area contributed by atoms with E-state index in [1.54, 1.807) is 36.4 Å². The van der Waals surface area contributed by atoms with Gasteiger partial charge in [0.05, 0.1) is 10.6 Å². The van der Waals surface area contributed by atoms with Crippen molar-refractivity contribution in [2.24, 2.45) is 0 Å². The Balaban J connectivity index is 1.91. The SMILES string of the molecule is Cc1ccc(S(=O)(=O)N(CC(=O)Nc2ccc(C(C)C)cc2)c2ccccc2C)cc1. The summed E-state index contributed by atoms with van der Waals surface area (Å²) in [4.78, 5) is 13.0. The van der Waals surface area contributed by atoms with Crippen LogP contribution in [-0.2, 0) is 14.8 Å². The fraction of sp³-hybridized carbons (Fsp3) is 0.240. The summed E-state index contributed by atoms with van der Waals surface area (Å²) in [6, 6.07) is 21.4. The molecule has 0 saturated carbocycles. The number of carbonyl (C=O) groups is 1. The Labute approximate surface area is 184 Å². The van der Waals surface area contributed by atoms with E-state index in [-0.39, 0.29) is 11.4 Å². The lowest BCUT2D eigenvalue weighted by molar-refractivity contribution is -0.114. The molecule has 0 aliphatic heterocycles. The number of amides is 1. The maximum Gasteiger partial charge on any atom is 0.264 e. The van der Waals surface area contributed by atoms with E-state index in [1.165, 1.54) is 9.87 Å². The van der Waals surface area contributed by atoms with Crippen LogP contribution in [-0.4, -0.2) is 20.9 Å². The summed E-state index contributed by atoms with van der Waals surface area (Å²) in [6.45, 7) is 7.60. The van der Waals surface area contributed by atoms with Crippen LogP contribution in [0.3, 0.4) is 0 Å². The van der Waals surface area contributed by atoms with Gasteiger partial charge in [0.15, 0.2) is 0 Å². The molecule has 0 bridgehead atoms. The first-order chi connectivity index (χ1) is 14.7. The molecule has 0 aliphatic rings. The van der Waals surface area contributed by atoms with E-state index in [2.05, 4.69) is 19.2 Å². The molecule has 0 heterocycles. The maximum absolute atomic E-state index is 13.4. The minimum absolute atomic E-state index is 0.149. The molecular weight excluding hydrogens is 408 g/mol. The van der Waals surface area contributed by atoms with Gasteiger partial charge in [0.2, 0.25) is 5.91 Å². The number of nitrogens with one attached hydrogen (secondary N) is 1. The molecule has 1 amide bonds. The van der Waals surface area contributed by atoms with Gasteiger partial charge in [-0.2, -0.15) is 0 Å². The highest BCUT2D eigenvalue weighted by atomic mass is 32.2. The van der Waals surface area contributed by atoms with Gasteiger partial charge in [-0.15, -0.1) is 0 Å². The lowest BCUT2D eigenvalue weighted by atomic mass is 10.0. The van der Waals surface area contributed by atoms with Gasteiger partial charge in [-0.1, -0.05) is 61.9 Å². The van der Waals surface area contributed by atoms with E-state index >= 15 is 0 Å². The number of benzene rings is 3. The Hall–Kier alpha value is -3.12. The molecular formula is C25H28N2O3S. The van der Waals surface area contributed by atoms with Crippen LogP contribution in [0.2, 0.25) is 0 Å². The highest BCUT2D eigenvalue weighted by Crippen LogP contribution is 2.27. The quantitative estimate of drug-likeness (QED) is 0.549. The number of nitrogens with zero attached hydrogens (tertiary/aromatic N) is 1. The number of sulfonamides is 1. The minimum atomic E-state index is -3.93. The monoisotopic (exact) mass is 436 g/mol. The molecule has 0 saturated heterocycles. The van der Waals surface area contributed by atoms with Crippen LogP contribution in [0.5, 0.6) is 0 Å². The average molecular weight is 437 g/mol. The number of carbonyl (C=O) groups excluding carboxylic acids is 1. The van der Waals surface area contributed by atoms with E-state index in [4.69, 9.17) is 0 Å². The van der Waals surface area contributed by atoms with E-state index in [9.17, 15) is 13.2 Å². The van der Waals surface area contributed by atoms with Crippen molar-refractivity contribution in [3.05, 3.63) is 89.5 Å². The van der Waals surface area contributed by atoms with Crippen LogP contribution < -0.4 is 9.62 Å². The summed E-state index contributed by atoms with van der Waals surface area (Å²) in [5.41, 5.74) is 4.01. The van der Waals surface area contributed by atoms with Crippen LogP contribution in [0.15, 0.2) is 77.7 Å². The van der Waals surface area contributed by atoms with Crippen molar-refractivity contribution in [2.45, 2.75) is 38.5 Å². The molecule has 0 aromatic heterocycles. The third-order valence-electron chi connectivity index (χ3n) is 5.14. The summed E-state index contributed by atoms with van der Waals surface area (Å²) >= 11 is 0. The third kappa shape index (κ3) is 5.33. The van der Waals surface area contributed by atoms with Crippen LogP contribution in [0.1, 0.15) is 36.5 Å². The lowest BCUT2D eigenvalue weighted by Gasteiger charge is -2.25. The summed E-state index contributed by atoms with van der Waals surface area (Å²) in [5.74, 6) is -0.0165. The minimum Gasteiger partial charge on any atom is -0.325 e. The van der Waals surface area contributed by atoms with Crippen molar-refractivity contribution in [1.29, 1.82) is 0 Å². The molecule has 0 fully saturated rings. The van der Waals surface area contributed by atoms with Gasteiger partial charge in [-0.05, 0) is 61.2 Å². The van der Waals surface area contributed by atoms with E-state index in [1.807, 2.05) is 50.2 Å². The van der Waals surface area contributed by atoms with Crippen LogP contribution in [0.4, 0.5) is 11.4 Å². The number of para-hydroxylation sites is 1. The molecule has 5 nitrogen and oxygen atoms in total. The van der Waals surface area contributed by atoms with Gasteiger partial charge < -0.3 is 5.32 Å². The normalized spacial score (nSPS) is 11.4. The Bertz CT molecular complexity index is 1150. The molecule has 6 heteroatoms. The Morgan fingerprint density at radius 2 is 1.52 bits per heavy atom. The number of anilines is 2. The first kappa shape index (κ1) is 22.6. The van der Waals surface area contributed by atoms with Crippen LogP contribution in [0, 0.1) is 13.8 Å². The first-order valence-corrected chi connectivity index (χ1v) is 11.7. The van der Waals surface area contributed by atoms with Crippen molar-refractivity contribution in [1.82, 2.24) is 0 Å². The third-order valence-corrected chi connectivity index (χ3v) is 6.92. The fourth-order valence-electron chi connectivity index (χ4n) is 3.26. The molecule has 3 aromatic carbocycles. The van der Waals surface area contributed by atoms with Gasteiger partial charge in [0.25, 0.3) is 10.0 Å². The fourth-order valence-corrected chi connectivity index (χ4v) is 4.75. The summed E-state index contributed by atoms with van der Waals surface area (Å²) < 4.78 is 28.1. The second-order valence-corrected chi connectivity index (χ2v) is 9.80. The van der Waals surface area contributed by atoms with Crippen molar-refractivity contribution in [2.75, 3.05) is 16.2 Å². The number of rotatable bonds is 7. The van der Waals surface area contributed by atoms with E-state index in [0.717, 1.165) is 11.1 Å². The first-order valence-electron chi connectivity index (χ1n) is 10.2. The number of hydrogen-bond donors (Lipinski definition) is 1. The maximum atomic E-state index is 13.4. The molecule has 162 valence electrons. The number of hydrogen-bond acceptors (Lipinski definition) is 3. The Morgan fingerprint density at radius 3 is 2.10 bits per heavy atom. The standard InChI is InChI=1S/C25H28N2O3S/c1-18(2)21-11-13-22(14-12-21)26-25(28)17-27(24-8-6-5-7-20(24)4)31(29,30)23-15-9-19(3)10-16-23/h5-16,18H,17H2,1-4H3,(H,26,28). The van der Waals surface area contributed by atoms with Gasteiger partial charge in [-0.3, -0.25) is 9.10 Å². The predicted octanol–water partition coefficient (Wildman–Crippen LogP) is 5.26. The molecule has 0 radical (unpaired) electrons. The smallest absolute Gasteiger partial charge is 0.264 e. The van der Waals surface area contributed by atoms with Gasteiger partial charge in [0, 0.05) is 5.69 Å². The highest BCUT2D eigenvalue weighted by molar-refractivity contribution is 7.92. The van der Waals surface area contributed by atoms with Crippen molar-refractivity contribution in [3.63, 3.8) is 0 Å². The largest absolute Gasteiger partial charge is 0.325 e. The summed E-state index contributed by atoms with van der Waals surface area (Å²) in [5, 5.41) is 2.82. The van der Waals surface area contributed by atoms with Gasteiger partial charge in [-0.25, -0.2) is 8.42 Å². The van der Waals surface area contributed by atoms with Crippen molar-refractivity contribution >= 4 is 27.3 Å². The summed E-state index contributed by atoms with van der Waals surface area (Å²) in [7, 11) is -3.93. The molecule has 0 spiro atoms.